The molecule has 0 saturated carbocycles. The number of carbonyl (C=O) groups excluding carboxylic acids is 1. The smallest absolute Gasteiger partial charge is 0.217 e. The van der Waals surface area contributed by atoms with Crippen LogP contribution in [-0.4, -0.2) is 42.5 Å². The van der Waals surface area contributed by atoms with Gasteiger partial charge in [0, 0.05) is 18.5 Å². The first-order valence-electron chi connectivity index (χ1n) is 6.35. The first kappa shape index (κ1) is 13.5. The molecule has 1 rings (SSSR count). The Balaban J connectivity index is 2.06. The molecule has 0 atom stereocenters. The van der Waals surface area contributed by atoms with Gasteiger partial charge < -0.3 is 16.0 Å². The van der Waals surface area contributed by atoms with E-state index in [4.69, 9.17) is 5.73 Å². The average molecular weight is 227 g/mol. The molecule has 0 radical (unpaired) electrons. The van der Waals surface area contributed by atoms with Crippen molar-refractivity contribution in [3.8, 4) is 0 Å². The summed E-state index contributed by atoms with van der Waals surface area (Å²) in [5, 5.41) is 3.50. The van der Waals surface area contributed by atoms with Crippen LogP contribution in [0.25, 0.3) is 0 Å². The standard InChI is InChI=1S/C12H25N3O/c1-10(2)15-8-5-11(6-9-15)14-7-3-4-12(13)16/h10-11,14H,3-9H2,1-2H3,(H2,13,16). The van der Waals surface area contributed by atoms with Crippen molar-refractivity contribution in [2.75, 3.05) is 19.6 Å². The Morgan fingerprint density at radius 3 is 2.56 bits per heavy atom. The highest BCUT2D eigenvalue weighted by Crippen LogP contribution is 2.12. The topological polar surface area (TPSA) is 58.4 Å². The molecule has 0 bridgehead atoms. The predicted octanol–water partition coefficient (Wildman–Crippen LogP) is 0.714. The molecule has 0 unspecified atom stereocenters. The molecule has 1 fully saturated rings. The summed E-state index contributed by atoms with van der Waals surface area (Å²) in [4.78, 5) is 13.1. The van der Waals surface area contributed by atoms with Crippen molar-refractivity contribution in [3.05, 3.63) is 0 Å². The average Bonchev–Trinajstić information content (AvgIpc) is 2.25. The second kappa shape index (κ2) is 6.86. The van der Waals surface area contributed by atoms with Gasteiger partial charge in [0.1, 0.15) is 0 Å². The van der Waals surface area contributed by atoms with Crippen molar-refractivity contribution in [2.24, 2.45) is 5.73 Å². The monoisotopic (exact) mass is 227 g/mol. The summed E-state index contributed by atoms with van der Waals surface area (Å²) in [6, 6.07) is 1.29. The van der Waals surface area contributed by atoms with Crippen LogP contribution in [0.4, 0.5) is 0 Å². The third-order valence-corrected chi connectivity index (χ3v) is 3.29. The molecule has 0 aromatic carbocycles. The minimum absolute atomic E-state index is 0.198. The fraction of sp³-hybridized carbons (Fsp3) is 0.917. The van der Waals surface area contributed by atoms with E-state index in [1.165, 1.54) is 25.9 Å². The maximum absolute atomic E-state index is 10.6. The number of primary amides is 1. The number of rotatable bonds is 6. The quantitative estimate of drug-likeness (QED) is 0.657. The van der Waals surface area contributed by atoms with E-state index in [1.54, 1.807) is 0 Å². The van der Waals surface area contributed by atoms with Crippen LogP contribution in [0, 0.1) is 0 Å². The van der Waals surface area contributed by atoms with Crippen LogP contribution in [0.2, 0.25) is 0 Å². The van der Waals surface area contributed by atoms with E-state index in [0.717, 1.165) is 13.0 Å². The molecule has 0 spiro atoms. The number of carbonyl (C=O) groups is 1. The van der Waals surface area contributed by atoms with E-state index in [9.17, 15) is 4.79 Å². The summed E-state index contributed by atoms with van der Waals surface area (Å²) < 4.78 is 0. The van der Waals surface area contributed by atoms with Gasteiger partial charge in [-0.1, -0.05) is 0 Å². The molecule has 16 heavy (non-hydrogen) atoms. The van der Waals surface area contributed by atoms with E-state index in [2.05, 4.69) is 24.1 Å². The van der Waals surface area contributed by atoms with Gasteiger partial charge in [-0.25, -0.2) is 0 Å². The van der Waals surface area contributed by atoms with Crippen molar-refractivity contribution >= 4 is 5.91 Å². The lowest BCUT2D eigenvalue weighted by molar-refractivity contribution is -0.118. The highest BCUT2D eigenvalue weighted by Gasteiger charge is 2.19. The lowest BCUT2D eigenvalue weighted by atomic mass is 10.0. The second-order valence-corrected chi connectivity index (χ2v) is 4.93. The van der Waals surface area contributed by atoms with Gasteiger partial charge in [0.2, 0.25) is 5.91 Å². The Hall–Kier alpha value is -0.610. The molecule has 4 heteroatoms. The van der Waals surface area contributed by atoms with Crippen molar-refractivity contribution in [1.82, 2.24) is 10.2 Å². The molecule has 0 aromatic heterocycles. The van der Waals surface area contributed by atoms with Gasteiger partial charge >= 0.3 is 0 Å². The Morgan fingerprint density at radius 2 is 2.06 bits per heavy atom. The van der Waals surface area contributed by atoms with Crippen LogP contribution in [0.15, 0.2) is 0 Å². The summed E-state index contributed by atoms with van der Waals surface area (Å²) >= 11 is 0. The zero-order valence-corrected chi connectivity index (χ0v) is 10.5. The second-order valence-electron chi connectivity index (χ2n) is 4.93. The molecule has 0 aromatic rings. The first-order valence-corrected chi connectivity index (χ1v) is 6.35. The Morgan fingerprint density at radius 1 is 1.44 bits per heavy atom. The van der Waals surface area contributed by atoms with E-state index in [0.29, 0.717) is 18.5 Å². The summed E-state index contributed by atoms with van der Waals surface area (Å²) in [6.07, 6.45) is 3.79. The molecular weight excluding hydrogens is 202 g/mol. The summed E-state index contributed by atoms with van der Waals surface area (Å²) in [5.74, 6) is -0.198. The van der Waals surface area contributed by atoms with Crippen molar-refractivity contribution < 1.29 is 4.79 Å². The van der Waals surface area contributed by atoms with Crippen LogP contribution in [0.3, 0.4) is 0 Å². The minimum atomic E-state index is -0.198. The van der Waals surface area contributed by atoms with Crippen molar-refractivity contribution in [1.29, 1.82) is 0 Å². The lowest BCUT2D eigenvalue weighted by Gasteiger charge is -2.35. The van der Waals surface area contributed by atoms with Crippen molar-refractivity contribution in [3.63, 3.8) is 0 Å². The van der Waals surface area contributed by atoms with Crippen LogP contribution in [0.5, 0.6) is 0 Å². The number of likely N-dealkylation sites (tertiary alicyclic amines) is 1. The molecule has 0 aliphatic carbocycles. The largest absolute Gasteiger partial charge is 0.370 e. The third kappa shape index (κ3) is 4.94. The highest BCUT2D eigenvalue weighted by atomic mass is 16.1. The SMILES string of the molecule is CC(C)N1CCC(NCCCC(N)=O)CC1. The molecule has 94 valence electrons. The normalized spacial score (nSPS) is 19.2. The van der Waals surface area contributed by atoms with Crippen LogP contribution < -0.4 is 11.1 Å². The third-order valence-electron chi connectivity index (χ3n) is 3.29. The number of nitrogens with zero attached hydrogens (tertiary/aromatic N) is 1. The molecule has 1 heterocycles. The van der Waals surface area contributed by atoms with E-state index < -0.39 is 0 Å². The molecule has 1 aliphatic rings. The van der Waals surface area contributed by atoms with Crippen LogP contribution >= 0.6 is 0 Å². The zero-order valence-electron chi connectivity index (χ0n) is 10.5. The first-order chi connectivity index (χ1) is 7.59. The zero-order chi connectivity index (χ0) is 12.0. The summed E-state index contributed by atoms with van der Waals surface area (Å²) in [5.41, 5.74) is 5.09. The Kier molecular flexibility index (Phi) is 5.77. The van der Waals surface area contributed by atoms with Gasteiger partial charge in [-0.3, -0.25) is 4.79 Å². The Bertz CT molecular complexity index is 210. The van der Waals surface area contributed by atoms with Crippen molar-refractivity contribution in [2.45, 2.75) is 51.6 Å². The summed E-state index contributed by atoms with van der Waals surface area (Å²) in [6.45, 7) is 7.78. The Labute approximate surface area is 98.6 Å². The maximum atomic E-state index is 10.6. The molecule has 1 aliphatic heterocycles. The fourth-order valence-electron chi connectivity index (χ4n) is 2.19. The van der Waals surface area contributed by atoms with Gasteiger partial charge in [-0.15, -0.1) is 0 Å². The van der Waals surface area contributed by atoms with Gasteiger partial charge in [-0.05, 0) is 52.7 Å². The number of piperidine rings is 1. The van der Waals surface area contributed by atoms with Gasteiger partial charge in [0.15, 0.2) is 0 Å². The van der Waals surface area contributed by atoms with E-state index >= 15 is 0 Å². The number of hydrogen-bond acceptors (Lipinski definition) is 3. The van der Waals surface area contributed by atoms with E-state index in [1.807, 2.05) is 0 Å². The molecule has 1 amide bonds. The lowest BCUT2D eigenvalue weighted by Crippen LogP contribution is -2.45. The maximum Gasteiger partial charge on any atom is 0.217 e. The number of hydrogen-bond donors (Lipinski definition) is 2. The molecule has 3 N–H and O–H groups in total. The highest BCUT2D eigenvalue weighted by molar-refractivity contribution is 5.73. The summed E-state index contributed by atoms with van der Waals surface area (Å²) in [7, 11) is 0. The van der Waals surface area contributed by atoms with E-state index in [-0.39, 0.29) is 5.91 Å². The van der Waals surface area contributed by atoms with Gasteiger partial charge in [0.05, 0.1) is 0 Å². The van der Waals surface area contributed by atoms with Crippen LogP contribution in [0.1, 0.15) is 39.5 Å². The molecular formula is C12H25N3O. The number of nitrogens with one attached hydrogen (secondary N) is 1. The fourth-order valence-corrected chi connectivity index (χ4v) is 2.19. The minimum Gasteiger partial charge on any atom is -0.370 e. The molecule has 4 nitrogen and oxygen atoms in total. The van der Waals surface area contributed by atoms with Gasteiger partial charge in [0.25, 0.3) is 0 Å². The van der Waals surface area contributed by atoms with Crippen LogP contribution in [-0.2, 0) is 4.79 Å². The predicted molar refractivity (Wildman–Crippen MR) is 66.2 cm³/mol. The number of nitrogens with two attached hydrogens (primary N) is 1. The van der Waals surface area contributed by atoms with Gasteiger partial charge in [-0.2, -0.15) is 0 Å². The molecule has 1 saturated heterocycles. The number of amides is 1.